The van der Waals surface area contributed by atoms with Crippen LogP contribution in [-0.2, 0) is 22.7 Å². The van der Waals surface area contributed by atoms with Crippen molar-refractivity contribution < 1.29 is 0 Å². The number of rotatable bonds is 7. The Kier molecular flexibility index (Phi) is 8.71. The molecule has 13 rings (SSSR count). The Hall–Kier alpha value is -7.16. The molecule has 0 radical (unpaired) electrons. The smallest absolute Gasteiger partial charge is 0.0543 e. The molecule has 0 N–H and O–H groups in total. The van der Waals surface area contributed by atoms with E-state index in [2.05, 4.69) is 241 Å². The van der Waals surface area contributed by atoms with Gasteiger partial charge in [0, 0.05) is 49.7 Å². The highest BCUT2D eigenvalue weighted by atomic mass is 15.2. The number of para-hydroxylation sites is 2. The van der Waals surface area contributed by atoms with Crippen LogP contribution in [0.15, 0.2) is 176 Å². The number of anilines is 6. The quantitative estimate of drug-likeness (QED) is 0.147. The van der Waals surface area contributed by atoms with Gasteiger partial charge in [-0.25, -0.2) is 0 Å². The number of benzene rings is 10. The van der Waals surface area contributed by atoms with Crippen molar-refractivity contribution in [2.24, 2.45) is 0 Å². The molecule has 68 heavy (non-hydrogen) atoms. The Balaban J connectivity index is 1.12. The maximum atomic E-state index is 2.62. The van der Waals surface area contributed by atoms with E-state index >= 15 is 0 Å². The van der Waals surface area contributed by atoms with Gasteiger partial charge in [-0.05, 0) is 168 Å². The molecule has 0 aliphatic heterocycles. The molecule has 0 atom stereocenters. The predicted octanol–water partition coefficient (Wildman–Crippen LogP) is 18.5. The highest BCUT2D eigenvalue weighted by Gasteiger charge is 2.39. The van der Waals surface area contributed by atoms with Gasteiger partial charge in [0.2, 0.25) is 0 Å². The van der Waals surface area contributed by atoms with E-state index in [9.17, 15) is 0 Å². The zero-order valence-electron chi connectivity index (χ0n) is 40.6. The first-order chi connectivity index (χ1) is 32.8. The van der Waals surface area contributed by atoms with Crippen molar-refractivity contribution in [2.45, 2.75) is 90.4 Å². The van der Waals surface area contributed by atoms with Crippen LogP contribution in [-0.4, -0.2) is 0 Å². The van der Waals surface area contributed by atoms with Crippen LogP contribution in [0.25, 0.3) is 54.6 Å². The molecule has 3 aliphatic carbocycles. The molecule has 0 bridgehead atoms. The van der Waals surface area contributed by atoms with Gasteiger partial charge in [0.1, 0.15) is 0 Å². The number of fused-ring (bicyclic) bond motifs is 6. The third kappa shape index (κ3) is 5.70. The van der Waals surface area contributed by atoms with E-state index in [0.29, 0.717) is 5.92 Å². The molecule has 2 nitrogen and oxygen atoms in total. The van der Waals surface area contributed by atoms with Crippen molar-refractivity contribution in [1.29, 1.82) is 0 Å². The lowest BCUT2D eigenvalue weighted by Gasteiger charge is -2.37. The van der Waals surface area contributed by atoms with Crippen LogP contribution in [0.1, 0.15) is 107 Å². The maximum Gasteiger partial charge on any atom is 0.0543 e. The average Bonchev–Trinajstić information content (AvgIpc) is 3.72. The Labute approximate surface area is 401 Å². The monoisotopic (exact) mass is 878 g/mol. The number of aryl methyl sites for hydroxylation is 1. The lowest BCUT2D eigenvalue weighted by Crippen LogP contribution is -2.24. The topological polar surface area (TPSA) is 6.48 Å². The van der Waals surface area contributed by atoms with Gasteiger partial charge in [0.15, 0.2) is 0 Å². The van der Waals surface area contributed by atoms with E-state index in [-0.39, 0.29) is 16.2 Å². The minimum absolute atomic E-state index is 0.0179. The molecule has 0 saturated carbocycles. The largest absolute Gasteiger partial charge is 0.310 e. The van der Waals surface area contributed by atoms with Gasteiger partial charge >= 0.3 is 0 Å². The second-order valence-corrected chi connectivity index (χ2v) is 22.0. The van der Waals surface area contributed by atoms with Crippen LogP contribution in [0.5, 0.6) is 0 Å². The molecular formula is C66H58N2. The van der Waals surface area contributed by atoms with E-state index in [0.717, 1.165) is 18.5 Å². The second-order valence-electron chi connectivity index (χ2n) is 22.0. The predicted molar refractivity (Wildman–Crippen MR) is 290 cm³/mol. The fourth-order valence-corrected chi connectivity index (χ4v) is 13.0. The summed E-state index contributed by atoms with van der Waals surface area (Å²) in [5.74, 6) is 0.298. The van der Waals surface area contributed by atoms with E-state index in [4.69, 9.17) is 0 Å². The van der Waals surface area contributed by atoms with Crippen molar-refractivity contribution in [1.82, 2.24) is 0 Å². The molecule has 3 aliphatic rings. The van der Waals surface area contributed by atoms with Crippen molar-refractivity contribution in [3.63, 3.8) is 0 Å². The minimum Gasteiger partial charge on any atom is -0.310 e. The summed E-state index contributed by atoms with van der Waals surface area (Å²) >= 11 is 0. The first-order valence-corrected chi connectivity index (χ1v) is 24.8. The highest BCUT2D eigenvalue weighted by Crippen LogP contribution is 2.57. The molecule has 0 spiro atoms. The van der Waals surface area contributed by atoms with Gasteiger partial charge in [0.05, 0.1) is 11.4 Å². The highest BCUT2D eigenvalue weighted by molar-refractivity contribution is 6.30. The van der Waals surface area contributed by atoms with Gasteiger partial charge in [-0.1, -0.05) is 165 Å². The summed E-state index contributed by atoms with van der Waals surface area (Å²) in [7, 11) is 0. The van der Waals surface area contributed by atoms with E-state index in [1.165, 1.54) is 122 Å². The number of nitrogens with zero attached hydrogens (tertiary/aromatic N) is 2. The van der Waals surface area contributed by atoms with E-state index < -0.39 is 0 Å². The minimum atomic E-state index is -0.125. The Bertz CT molecular complexity index is 3680. The fourth-order valence-electron chi connectivity index (χ4n) is 13.0. The van der Waals surface area contributed by atoms with Crippen molar-refractivity contribution in [3.05, 3.63) is 215 Å². The molecule has 0 heterocycles. The average molecular weight is 879 g/mol. The molecule has 332 valence electrons. The molecule has 0 unspecified atom stereocenters. The van der Waals surface area contributed by atoms with E-state index in [1.807, 2.05) is 0 Å². The van der Waals surface area contributed by atoms with Gasteiger partial charge in [0.25, 0.3) is 0 Å². The first kappa shape index (κ1) is 41.1. The standard InChI is InChI=1S/C66H58N2/c1-40(2)52-39-60(68(43-21-13-10-14-22-43)45-28-30-49-47-24-16-18-26-55(47)66(7,8)57(49)37-45)53-38-58-61-41(33-34-64(58,3)4)35-59(51-32-31-50(52)62(53)63(51)61)67(42-19-11-9-12-20-42)44-27-29-48-46-23-15-17-25-54(46)65(5,6)56(48)36-44/h9-32,35-40H,33-34H2,1-8H3. The van der Waals surface area contributed by atoms with Crippen LogP contribution < -0.4 is 9.80 Å². The molecule has 10 aromatic rings. The summed E-state index contributed by atoms with van der Waals surface area (Å²) in [6, 6.07) is 67.3. The van der Waals surface area contributed by atoms with E-state index in [1.54, 1.807) is 0 Å². The van der Waals surface area contributed by atoms with Crippen molar-refractivity contribution in [3.8, 4) is 22.3 Å². The second kappa shape index (κ2) is 14.4. The summed E-state index contributed by atoms with van der Waals surface area (Å²) in [6.45, 7) is 19.3. The van der Waals surface area contributed by atoms with Gasteiger partial charge < -0.3 is 9.80 Å². The van der Waals surface area contributed by atoms with Gasteiger partial charge in [-0.3, -0.25) is 0 Å². The summed E-state index contributed by atoms with van der Waals surface area (Å²) in [4.78, 5) is 5.13. The van der Waals surface area contributed by atoms with Gasteiger partial charge in [-0.15, -0.1) is 0 Å². The summed E-state index contributed by atoms with van der Waals surface area (Å²) < 4.78 is 0. The molecule has 0 amide bonds. The Morgan fingerprint density at radius 1 is 0.382 bits per heavy atom. The third-order valence-electron chi connectivity index (χ3n) is 16.6. The van der Waals surface area contributed by atoms with Crippen molar-refractivity contribution >= 4 is 66.4 Å². The summed E-state index contributed by atoms with van der Waals surface area (Å²) in [5, 5.41) is 8.18. The van der Waals surface area contributed by atoms with Crippen LogP contribution in [0.4, 0.5) is 34.1 Å². The van der Waals surface area contributed by atoms with Gasteiger partial charge in [-0.2, -0.15) is 0 Å². The summed E-state index contributed by atoms with van der Waals surface area (Å²) in [6.07, 6.45) is 2.12. The molecule has 10 aromatic carbocycles. The number of hydrogen-bond donors (Lipinski definition) is 0. The molecule has 0 fully saturated rings. The van der Waals surface area contributed by atoms with Crippen LogP contribution in [0.2, 0.25) is 0 Å². The zero-order valence-corrected chi connectivity index (χ0v) is 40.6. The van der Waals surface area contributed by atoms with Crippen LogP contribution in [0.3, 0.4) is 0 Å². The Morgan fingerprint density at radius 3 is 1.41 bits per heavy atom. The lowest BCUT2D eigenvalue weighted by molar-refractivity contribution is 0.475. The first-order valence-electron chi connectivity index (χ1n) is 24.8. The normalized spacial score (nSPS) is 15.7. The SMILES string of the molecule is CC(C)c1cc(N(c2ccccc2)c2ccc3c(c2)C(C)(C)c2ccccc2-3)c2cc3c4c(cc(N(c5ccccc5)c5ccc6c(c5)C(C)(C)c5ccccc5-6)c5ccc1c2c54)CCC3(C)C. The number of hydrogen-bond acceptors (Lipinski definition) is 2. The Morgan fingerprint density at radius 2 is 0.868 bits per heavy atom. The van der Waals surface area contributed by atoms with Crippen molar-refractivity contribution in [2.75, 3.05) is 9.80 Å². The molecular weight excluding hydrogens is 821 g/mol. The van der Waals surface area contributed by atoms with Crippen LogP contribution >= 0.6 is 0 Å². The molecule has 0 aromatic heterocycles. The molecule has 0 saturated heterocycles. The summed E-state index contributed by atoms with van der Waals surface area (Å²) in [5.41, 5.74) is 22.1. The van der Waals surface area contributed by atoms with Crippen LogP contribution in [0, 0.1) is 0 Å². The lowest BCUT2D eigenvalue weighted by atomic mass is 9.70. The fraction of sp³-hybridized carbons (Fsp3) is 0.212. The zero-order chi connectivity index (χ0) is 46.4. The third-order valence-corrected chi connectivity index (χ3v) is 16.6. The molecule has 2 heteroatoms. The maximum absolute atomic E-state index is 2.62.